The van der Waals surface area contributed by atoms with E-state index in [9.17, 15) is 14.7 Å². The van der Waals surface area contributed by atoms with Gasteiger partial charge in [-0.2, -0.15) is 0 Å². The number of carboxylic acids is 1. The summed E-state index contributed by atoms with van der Waals surface area (Å²) in [6, 6.07) is 17.3. The number of carbonyl (C=O) groups is 2. The number of esters is 1. The normalized spacial score (nSPS) is 12.2. The molecule has 0 bridgehead atoms. The highest BCUT2D eigenvalue weighted by Gasteiger charge is 2.15. The highest BCUT2D eigenvalue weighted by Crippen LogP contribution is 2.30. The first-order valence-corrected chi connectivity index (χ1v) is 10.9. The van der Waals surface area contributed by atoms with E-state index in [0.717, 1.165) is 29.8 Å². The summed E-state index contributed by atoms with van der Waals surface area (Å²) >= 11 is 0. The van der Waals surface area contributed by atoms with Crippen LogP contribution in [0, 0.1) is 0 Å². The van der Waals surface area contributed by atoms with Crippen molar-refractivity contribution in [1.82, 2.24) is 4.98 Å². The van der Waals surface area contributed by atoms with Crippen molar-refractivity contribution < 1.29 is 24.5 Å². The summed E-state index contributed by atoms with van der Waals surface area (Å²) in [6.07, 6.45) is 2.92. The first kappa shape index (κ1) is 21.5. The number of fused-ring (bicyclic) bond motifs is 2. The van der Waals surface area contributed by atoms with E-state index in [2.05, 4.69) is 10.3 Å². The highest BCUT2D eigenvalue weighted by molar-refractivity contribution is 5.96. The molecule has 0 saturated heterocycles. The van der Waals surface area contributed by atoms with Gasteiger partial charge in [-0.25, -0.2) is 9.59 Å². The number of hydrogen-bond donors (Lipinski definition) is 3. The maximum atomic E-state index is 12.7. The van der Waals surface area contributed by atoms with E-state index in [1.165, 1.54) is 17.7 Å². The van der Waals surface area contributed by atoms with Crippen LogP contribution in [-0.2, 0) is 24.2 Å². The Kier molecular flexibility index (Phi) is 5.59. The molecule has 0 atom stereocenters. The summed E-state index contributed by atoms with van der Waals surface area (Å²) in [6.45, 7) is 1.09. The van der Waals surface area contributed by atoms with Crippen LogP contribution in [0.4, 0.5) is 5.69 Å². The van der Waals surface area contributed by atoms with Gasteiger partial charge in [-0.15, -0.1) is 0 Å². The molecule has 0 saturated carbocycles. The maximum absolute atomic E-state index is 12.7. The molecule has 0 spiro atoms. The van der Waals surface area contributed by atoms with Gasteiger partial charge in [0.05, 0.1) is 16.6 Å². The van der Waals surface area contributed by atoms with E-state index in [1.807, 2.05) is 18.2 Å². The molecule has 170 valence electrons. The molecule has 7 nitrogen and oxygen atoms in total. The molecule has 0 fully saturated rings. The van der Waals surface area contributed by atoms with Crippen molar-refractivity contribution in [3.05, 3.63) is 100 Å². The van der Waals surface area contributed by atoms with Gasteiger partial charge in [0.2, 0.25) is 0 Å². The van der Waals surface area contributed by atoms with Crippen LogP contribution in [0.15, 0.2) is 66.9 Å². The largest absolute Gasteiger partial charge is 0.507 e. The SMILES string of the molecule is O=C(O)c1ccc(Cc2cnc3ccc(C(=O)OCc4ccc5c(c4)CCN5)cc3c2O)cc1. The Labute approximate surface area is 195 Å². The van der Waals surface area contributed by atoms with E-state index in [0.29, 0.717) is 28.5 Å². The van der Waals surface area contributed by atoms with Crippen LogP contribution in [0.1, 0.15) is 43.0 Å². The van der Waals surface area contributed by atoms with Crippen LogP contribution < -0.4 is 5.32 Å². The van der Waals surface area contributed by atoms with Gasteiger partial charge in [0.1, 0.15) is 12.4 Å². The first-order chi connectivity index (χ1) is 16.5. The van der Waals surface area contributed by atoms with E-state index >= 15 is 0 Å². The quantitative estimate of drug-likeness (QED) is 0.367. The van der Waals surface area contributed by atoms with Crippen molar-refractivity contribution in [2.45, 2.75) is 19.4 Å². The van der Waals surface area contributed by atoms with Crippen molar-refractivity contribution in [3.8, 4) is 5.75 Å². The fraction of sp³-hybridized carbons (Fsp3) is 0.148. The third-order valence-electron chi connectivity index (χ3n) is 6.00. The zero-order valence-corrected chi connectivity index (χ0v) is 18.2. The lowest BCUT2D eigenvalue weighted by Gasteiger charge is -2.10. The summed E-state index contributed by atoms with van der Waals surface area (Å²) < 4.78 is 5.51. The number of ether oxygens (including phenoxy) is 1. The van der Waals surface area contributed by atoms with Crippen molar-refractivity contribution in [2.24, 2.45) is 0 Å². The average molecular weight is 454 g/mol. The van der Waals surface area contributed by atoms with Crippen molar-refractivity contribution >= 4 is 28.5 Å². The summed E-state index contributed by atoms with van der Waals surface area (Å²) in [5.41, 5.74) is 5.78. The highest BCUT2D eigenvalue weighted by atomic mass is 16.5. The number of nitrogens with zero attached hydrogens (tertiary/aromatic N) is 1. The van der Waals surface area contributed by atoms with Gasteiger partial charge in [-0.1, -0.05) is 24.3 Å². The number of rotatable bonds is 6. The van der Waals surface area contributed by atoms with Gasteiger partial charge in [0, 0.05) is 35.8 Å². The lowest BCUT2D eigenvalue weighted by molar-refractivity contribution is 0.0472. The number of aromatic hydroxyl groups is 1. The van der Waals surface area contributed by atoms with Gasteiger partial charge < -0.3 is 20.3 Å². The molecule has 7 heteroatoms. The Hall–Kier alpha value is -4.39. The number of benzene rings is 3. The van der Waals surface area contributed by atoms with Crippen LogP contribution in [0.25, 0.3) is 10.9 Å². The number of carboxylic acid groups (broad SMARTS) is 1. The minimum absolute atomic E-state index is 0.0353. The number of pyridine rings is 1. The Morgan fingerprint density at radius 2 is 1.74 bits per heavy atom. The first-order valence-electron chi connectivity index (χ1n) is 10.9. The molecule has 0 unspecified atom stereocenters. The summed E-state index contributed by atoms with van der Waals surface area (Å²) in [5, 5.41) is 23.7. The minimum Gasteiger partial charge on any atom is -0.507 e. The fourth-order valence-corrected chi connectivity index (χ4v) is 4.14. The predicted molar refractivity (Wildman–Crippen MR) is 127 cm³/mol. The van der Waals surface area contributed by atoms with Gasteiger partial charge in [0.15, 0.2) is 0 Å². The fourth-order valence-electron chi connectivity index (χ4n) is 4.14. The predicted octanol–water partition coefficient (Wildman–Crippen LogP) is 4.55. The molecular weight excluding hydrogens is 432 g/mol. The van der Waals surface area contributed by atoms with Crippen molar-refractivity contribution in [2.75, 3.05) is 11.9 Å². The van der Waals surface area contributed by atoms with E-state index < -0.39 is 11.9 Å². The molecule has 0 aliphatic carbocycles. The number of hydrogen-bond acceptors (Lipinski definition) is 6. The van der Waals surface area contributed by atoms with Gasteiger partial charge in [-0.3, -0.25) is 4.98 Å². The summed E-state index contributed by atoms with van der Waals surface area (Å²) in [5.74, 6) is -1.43. The van der Waals surface area contributed by atoms with Gasteiger partial charge in [0.25, 0.3) is 0 Å². The average Bonchev–Trinajstić information content (AvgIpc) is 3.32. The zero-order chi connectivity index (χ0) is 23.7. The Balaban J connectivity index is 1.34. The Morgan fingerprint density at radius 1 is 0.971 bits per heavy atom. The van der Waals surface area contributed by atoms with Crippen LogP contribution in [0.5, 0.6) is 5.75 Å². The summed E-state index contributed by atoms with van der Waals surface area (Å²) in [7, 11) is 0. The third-order valence-corrected chi connectivity index (χ3v) is 6.00. The maximum Gasteiger partial charge on any atom is 0.338 e. The van der Waals surface area contributed by atoms with E-state index in [-0.39, 0.29) is 17.9 Å². The topological polar surface area (TPSA) is 109 Å². The molecule has 4 aromatic rings. The monoisotopic (exact) mass is 454 g/mol. The molecule has 3 aromatic carbocycles. The molecule has 1 aliphatic rings. The van der Waals surface area contributed by atoms with E-state index in [4.69, 9.17) is 9.84 Å². The zero-order valence-electron chi connectivity index (χ0n) is 18.2. The number of nitrogens with one attached hydrogen (secondary N) is 1. The molecular formula is C27H22N2O5. The van der Waals surface area contributed by atoms with E-state index in [1.54, 1.807) is 36.5 Å². The standard InChI is InChI=1S/C27H22N2O5/c30-25-21(11-16-1-4-18(5-2-16)26(31)32)14-29-24-8-6-20(13-22(24)25)27(33)34-15-17-3-7-23-19(12-17)9-10-28-23/h1-8,12-14,28H,9-11,15H2,(H,29,30)(H,31,32). The Bertz CT molecular complexity index is 1410. The molecule has 0 amide bonds. The number of aromatic nitrogens is 1. The van der Waals surface area contributed by atoms with Crippen LogP contribution >= 0.6 is 0 Å². The third kappa shape index (κ3) is 4.28. The lowest BCUT2D eigenvalue weighted by atomic mass is 10.0. The number of carbonyl (C=O) groups excluding carboxylic acids is 1. The van der Waals surface area contributed by atoms with Crippen LogP contribution in [-0.4, -0.2) is 33.7 Å². The number of anilines is 1. The molecule has 1 aromatic heterocycles. The second-order valence-electron chi connectivity index (χ2n) is 8.29. The van der Waals surface area contributed by atoms with Crippen LogP contribution in [0.3, 0.4) is 0 Å². The molecule has 1 aliphatic heterocycles. The lowest BCUT2D eigenvalue weighted by Crippen LogP contribution is -2.05. The van der Waals surface area contributed by atoms with Gasteiger partial charge >= 0.3 is 11.9 Å². The smallest absolute Gasteiger partial charge is 0.338 e. The molecule has 5 rings (SSSR count). The molecule has 34 heavy (non-hydrogen) atoms. The minimum atomic E-state index is -0.991. The van der Waals surface area contributed by atoms with Gasteiger partial charge in [-0.05, 0) is 59.5 Å². The number of aromatic carboxylic acids is 1. The van der Waals surface area contributed by atoms with Crippen molar-refractivity contribution in [1.29, 1.82) is 0 Å². The Morgan fingerprint density at radius 3 is 2.53 bits per heavy atom. The molecule has 2 heterocycles. The second kappa shape index (κ2) is 8.86. The molecule has 3 N–H and O–H groups in total. The second-order valence-corrected chi connectivity index (χ2v) is 8.29. The summed E-state index contributed by atoms with van der Waals surface area (Å²) in [4.78, 5) is 28.1. The molecule has 0 radical (unpaired) electrons. The van der Waals surface area contributed by atoms with Crippen LogP contribution in [0.2, 0.25) is 0 Å². The van der Waals surface area contributed by atoms with Crippen molar-refractivity contribution in [3.63, 3.8) is 0 Å².